The number of hydrogen-bond donors (Lipinski definition) is 2. The molecule has 2 N–H and O–H groups in total. The second-order valence-electron chi connectivity index (χ2n) is 5.38. The first-order valence-electron chi connectivity index (χ1n) is 7.18. The number of fused-ring (bicyclic) bond motifs is 1. The standard InChI is InChI=1S/C16H19N3O/c1-2-5-13-10-15(19-18-13)16(20)17-14-8-11-6-3-4-7-12(11)9-14/h3-4,6-7,10,14H,2,5,8-9H2,1H3,(H,17,20)(H,18,19). The summed E-state index contributed by atoms with van der Waals surface area (Å²) >= 11 is 0. The van der Waals surface area contributed by atoms with Crippen molar-refractivity contribution in [3.8, 4) is 0 Å². The van der Waals surface area contributed by atoms with Gasteiger partial charge in [-0.3, -0.25) is 9.89 Å². The molecule has 104 valence electrons. The van der Waals surface area contributed by atoms with Gasteiger partial charge in [0.15, 0.2) is 0 Å². The van der Waals surface area contributed by atoms with E-state index in [-0.39, 0.29) is 11.9 Å². The van der Waals surface area contributed by atoms with Crippen LogP contribution in [0.15, 0.2) is 30.3 Å². The Labute approximate surface area is 118 Å². The number of carbonyl (C=O) groups excluding carboxylic acids is 1. The highest BCUT2D eigenvalue weighted by Gasteiger charge is 2.23. The van der Waals surface area contributed by atoms with Crippen molar-refractivity contribution in [2.24, 2.45) is 0 Å². The minimum Gasteiger partial charge on any atom is -0.347 e. The van der Waals surface area contributed by atoms with Crippen molar-refractivity contribution in [1.82, 2.24) is 15.5 Å². The van der Waals surface area contributed by atoms with Crippen LogP contribution in [0.1, 0.15) is 40.7 Å². The zero-order valence-corrected chi connectivity index (χ0v) is 11.6. The van der Waals surface area contributed by atoms with E-state index in [4.69, 9.17) is 0 Å². The van der Waals surface area contributed by atoms with Crippen LogP contribution in [-0.2, 0) is 19.3 Å². The molecule has 4 heteroatoms. The normalized spacial score (nSPS) is 14.2. The van der Waals surface area contributed by atoms with Gasteiger partial charge in [0, 0.05) is 11.7 Å². The fourth-order valence-electron chi connectivity index (χ4n) is 2.80. The molecular formula is C16H19N3O. The van der Waals surface area contributed by atoms with Crippen LogP contribution in [0.4, 0.5) is 0 Å². The van der Waals surface area contributed by atoms with Crippen molar-refractivity contribution in [2.45, 2.75) is 38.6 Å². The third-order valence-electron chi connectivity index (χ3n) is 3.77. The Kier molecular flexibility index (Phi) is 3.54. The fraction of sp³-hybridized carbons (Fsp3) is 0.375. The first kappa shape index (κ1) is 12.9. The fourth-order valence-corrected chi connectivity index (χ4v) is 2.80. The summed E-state index contributed by atoms with van der Waals surface area (Å²) in [5.74, 6) is -0.0820. The number of nitrogens with zero attached hydrogens (tertiary/aromatic N) is 1. The first-order chi connectivity index (χ1) is 9.76. The van der Waals surface area contributed by atoms with Crippen LogP contribution in [0, 0.1) is 0 Å². The molecule has 0 unspecified atom stereocenters. The maximum Gasteiger partial charge on any atom is 0.272 e. The Morgan fingerprint density at radius 2 is 2.05 bits per heavy atom. The van der Waals surface area contributed by atoms with Gasteiger partial charge in [-0.05, 0) is 36.5 Å². The van der Waals surface area contributed by atoms with Gasteiger partial charge < -0.3 is 5.32 Å². The van der Waals surface area contributed by atoms with Crippen molar-refractivity contribution >= 4 is 5.91 Å². The van der Waals surface area contributed by atoms with Gasteiger partial charge >= 0.3 is 0 Å². The number of aromatic nitrogens is 2. The summed E-state index contributed by atoms with van der Waals surface area (Å²) in [6, 6.07) is 10.4. The van der Waals surface area contributed by atoms with E-state index in [1.54, 1.807) is 0 Å². The summed E-state index contributed by atoms with van der Waals surface area (Å²) in [5, 5.41) is 10.1. The molecule has 0 fully saturated rings. The zero-order chi connectivity index (χ0) is 13.9. The maximum absolute atomic E-state index is 12.2. The average molecular weight is 269 g/mol. The number of carbonyl (C=O) groups is 1. The number of rotatable bonds is 4. The lowest BCUT2D eigenvalue weighted by Crippen LogP contribution is -2.35. The minimum atomic E-state index is -0.0820. The summed E-state index contributed by atoms with van der Waals surface area (Å²) in [7, 11) is 0. The molecule has 20 heavy (non-hydrogen) atoms. The second-order valence-corrected chi connectivity index (χ2v) is 5.38. The van der Waals surface area contributed by atoms with Crippen LogP contribution < -0.4 is 5.32 Å². The molecule has 3 rings (SSSR count). The number of nitrogens with one attached hydrogen (secondary N) is 2. The first-order valence-corrected chi connectivity index (χ1v) is 7.18. The van der Waals surface area contributed by atoms with Gasteiger partial charge in [0.1, 0.15) is 5.69 Å². The Bertz CT molecular complexity index is 593. The summed E-state index contributed by atoms with van der Waals surface area (Å²) in [6.07, 6.45) is 3.79. The van der Waals surface area contributed by atoms with E-state index in [1.807, 2.05) is 18.2 Å². The third-order valence-corrected chi connectivity index (χ3v) is 3.77. The van der Waals surface area contributed by atoms with E-state index >= 15 is 0 Å². The van der Waals surface area contributed by atoms with Crippen molar-refractivity contribution < 1.29 is 4.79 Å². The molecule has 0 spiro atoms. The minimum absolute atomic E-state index is 0.0820. The molecule has 4 nitrogen and oxygen atoms in total. The lowest BCUT2D eigenvalue weighted by atomic mass is 10.1. The Balaban J connectivity index is 1.62. The third kappa shape index (κ3) is 2.59. The van der Waals surface area contributed by atoms with E-state index in [2.05, 4.69) is 34.6 Å². The van der Waals surface area contributed by atoms with Gasteiger partial charge in [0.25, 0.3) is 5.91 Å². The zero-order valence-electron chi connectivity index (χ0n) is 11.6. The van der Waals surface area contributed by atoms with Crippen LogP contribution in [0.25, 0.3) is 0 Å². The van der Waals surface area contributed by atoms with Crippen molar-refractivity contribution in [2.75, 3.05) is 0 Å². The highest BCUT2D eigenvalue weighted by Crippen LogP contribution is 2.21. The van der Waals surface area contributed by atoms with Gasteiger partial charge in [-0.1, -0.05) is 37.6 Å². The molecule has 1 aromatic heterocycles. The number of H-pyrrole nitrogens is 1. The van der Waals surface area contributed by atoms with Crippen LogP contribution >= 0.6 is 0 Å². The summed E-state index contributed by atoms with van der Waals surface area (Å²) in [6.45, 7) is 2.11. The summed E-state index contributed by atoms with van der Waals surface area (Å²) in [5.41, 5.74) is 4.19. The van der Waals surface area contributed by atoms with Gasteiger partial charge in [-0.15, -0.1) is 0 Å². The Morgan fingerprint density at radius 1 is 1.35 bits per heavy atom. The summed E-state index contributed by atoms with van der Waals surface area (Å²) in [4.78, 5) is 12.2. The molecular weight excluding hydrogens is 250 g/mol. The number of aromatic amines is 1. The van der Waals surface area contributed by atoms with E-state index in [9.17, 15) is 4.79 Å². The SMILES string of the molecule is CCCc1cc(C(=O)NC2Cc3ccccc3C2)n[nH]1. The van der Waals surface area contributed by atoms with Gasteiger partial charge in [-0.2, -0.15) is 5.10 Å². The maximum atomic E-state index is 12.2. The highest BCUT2D eigenvalue weighted by molar-refractivity contribution is 5.92. The molecule has 0 bridgehead atoms. The number of amides is 1. The predicted molar refractivity (Wildman–Crippen MR) is 77.7 cm³/mol. The average Bonchev–Trinajstić information content (AvgIpc) is 3.04. The summed E-state index contributed by atoms with van der Waals surface area (Å²) < 4.78 is 0. The topological polar surface area (TPSA) is 57.8 Å². The predicted octanol–water partition coefficient (Wildman–Crippen LogP) is 2.26. The van der Waals surface area contributed by atoms with E-state index in [0.29, 0.717) is 5.69 Å². The lowest BCUT2D eigenvalue weighted by molar-refractivity contribution is 0.0933. The number of hydrogen-bond acceptors (Lipinski definition) is 2. The molecule has 1 amide bonds. The van der Waals surface area contributed by atoms with Gasteiger partial charge in [0.2, 0.25) is 0 Å². The second kappa shape index (κ2) is 5.49. The highest BCUT2D eigenvalue weighted by atomic mass is 16.2. The molecule has 0 aliphatic heterocycles. The van der Waals surface area contributed by atoms with Crippen molar-refractivity contribution in [3.63, 3.8) is 0 Å². The van der Waals surface area contributed by atoms with E-state index in [0.717, 1.165) is 31.4 Å². The smallest absolute Gasteiger partial charge is 0.272 e. The molecule has 1 aliphatic carbocycles. The quantitative estimate of drug-likeness (QED) is 0.894. The molecule has 2 aromatic rings. The monoisotopic (exact) mass is 269 g/mol. The van der Waals surface area contributed by atoms with Crippen molar-refractivity contribution in [3.05, 3.63) is 52.8 Å². The molecule has 0 saturated carbocycles. The Hall–Kier alpha value is -2.10. The van der Waals surface area contributed by atoms with Crippen LogP contribution in [0.2, 0.25) is 0 Å². The molecule has 1 aliphatic rings. The van der Waals surface area contributed by atoms with Crippen LogP contribution in [0.5, 0.6) is 0 Å². The number of benzene rings is 1. The lowest BCUT2D eigenvalue weighted by Gasteiger charge is -2.10. The van der Waals surface area contributed by atoms with Gasteiger partial charge in [0.05, 0.1) is 0 Å². The molecule has 1 heterocycles. The van der Waals surface area contributed by atoms with Gasteiger partial charge in [-0.25, -0.2) is 0 Å². The largest absolute Gasteiger partial charge is 0.347 e. The van der Waals surface area contributed by atoms with E-state index in [1.165, 1.54) is 11.1 Å². The molecule has 0 saturated heterocycles. The van der Waals surface area contributed by atoms with Crippen LogP contribution in [0.3, 0.4) is 0 Å². The van der Waals surface area contributed by atoms with E-state index < -0.39 is 0 Å². The molecule has 1 aromatic carbocycles. The van der Waals surface area contributed by atoms with Crippen molar-refractivity contribution in [1.29, 1.82) is 0 Å². The number of aryl methyl sites for hydroxylation is 1. The molecule has 0 atom stereocenters. The molecule has 0 radical (unpaired) electrons. The van der Waals surface area contributed by atoms with Crippen LogP contribution in [-0.4, -0.2) is 22.1 Å². The Morgan fingerprint density at radius 3 is 2.70 bits per heavy atom.